The van der Waals surface area contributed by atoms with Gasteiger partial charge >= 0.3 is 0 Å². The van der Waals surface area contributed by atoms with Crippen LogP contribution in [0.4, 0.5) is 11.4 Å². The average Bonchev–Trinajstić information content (AvgIpc) is 3.03. The molecule has 1 fully saturated rings. The lowest BCUT2D eigenvalue weighted by molar-refractivity contribution is 0.419. The fourth-order valence-corrected chi connectivity index (χ4v) is 6.97. The van der Waals surface area contributed by atoms with Gasteiger partial charge in [-0.2, -0.15) is 0 Å². The molecule has 5 nitrogen and oxygen atoms in total. The maximum atomic E-state index is 6.43. The smallest absolute Gasteiger partial charge is 0.262 e. The third-order valence-corrected chi connectivity index (χ3v) is 8.96. The monoisotopic (exact) mass is 389 g/mol. The van der Waals surface area contributed by atoms with Crippen molar-refractivity contribution in [2.75, 3.05) is 32.1 Å². The standard InChI is InChI=1S/C19H24N3O2PS/c1-21(2)15-9-10-18-16(14-15)20-19(17-8-7-13-23-17)24-25(18,26)22-11-5-3-4-6-12-22/h7-10,13-14H,3-6,11-12H2,1-2H3/t25-/m0/s1. The van der Waals surface area contributed by atoms with Crippen molar-refractivity contribution in [1.82, 2.24) is 4.67 Å². The molecule has 7 heteroatoms. The molecule has 1 aromatic carbocycles. The second-order valence-corrected chi connectivity index (χ2v) is 10.7. The molecule has 1 aromatic heterocycles. The molecule has 0 bridgehead atoms. The lowest BCUT2D eigenvalue weighted by Crippen LogP contribution is -2.32. The van der Waals surface area contributed by atoms with E-state index >= 15 is 0 Å². The summed E-state index contributed by atoms with van der Waals surface area (Å²) in [6.07, 6.45) is 4.10. The van der Waals surface area contributed by atoms with Crippen LogP contribution in [0.5, 0.6) is 0 Å². The number of hydrogen-bond donors (Lipinski definition) is 0. The molecule has 0 aliphatic carbocycles. The van der Waals surface area contributed by atoms with Crippen molar-refractivity contribution >= 4 is 40.8 Å². The first-order valence-electron chi connectivity index (χ1n) is 9.07. The molecule has 2 aliphatic heterocycles. The lowest BCUT2D eigenvalue weighted by atomic mass is 10.2. The molecule has 26 heavy (non-hydrogen) atoms. The molecule has 2 aromatic rings. The Morgan fingerprint density at radius 2 is 1.88 bits per heavy atom. The Kier molecular flexibility index (Phi) is 4.91. The van der Waals surface area contributed by atoms with E-state index in [1.54, 1.807) is 6.26 Å². The summed E-state index contributed by atoms with van der Waals surface area (Å²) < 4.78 is 14.4. The summed E-state index contributed by atoms with van der Waals surface area (Å²) in [6.45, 7) is 1.97. The van der Waals surface area contributed by atoms with Crippen molar-refractivity contribution in [1.29, 1.82) is 0 Å². The molecule has 0 amide bonds. The molecule has 138 valence electrons. The number of benzene rings is 1. The first-order chi connectivity index (χ1) is 12.6. The third-order valence-electron chi connectivity index (χ3n) is 4.90. The molecule has 1 atom stereocenters. The van der Waals surface area contributed by atoms with E-state index in [2.05, 4.69) is 27.8 Å². The van der Waals surface area contributed by atoms with Gasteiger partial charge in [0.25, 0.3) is 5.90 Å². The molecule has 0 saturated carbocycles. The molecule has 0 radical (unpaired) electrons. The van der Waals surface area contributed by atoms with Gasteiger partial charge in [-0.1, -0.05) is 12.8 Å². The molecular weight excluding hydrogens is 365 g/mol. The summed E-state index contributed by atoms with van der Waals surface area (Å²) in [6, 6.07) is 10.0. The normalized spacial score (nSPS) is 23.5. The van der Waals surface area contributed by atoms with Crippen LogP contribution in [0.25, 0.3) is 0 Å². The Hall–Kier alpha value is -1.62. The van der Waals surface area contributed by atoms with Gasteiger partial charge in [-0.25, -0.2) is 9.66 Å². The van der Waals surface area contributed by atoms with Gasteiger partial charge in [0.1, 0.15) is 0 Å². The largest absolute Gasteiger partial charge is 0.459 e. The molecule has 0 spiro atoms. The summed E-state index contributed by atoms with van der Waals surface area (Å²) in [4.78, 5) is 6.83. The van der Waals surface area contributed by atoms with Crippen LogP contribution in [-0.2, 0) is 16.3 Å². The number of rotatable bonds is 3. The summed E-state index contributed by atoms with van der Waals surface area (Å²) in [5, 5.41) is 1.05. The minimum absolute atomic E-state index is 0.506. The zero-order valence-electron chi connectivity index (χ0n) is 15.2. The Labute approximate surface area is 159 Å². The summed E-state index contributed by atoms with van der Waals surface area (Å²) in [5.41, 5.74) is 2.01. The van der Waals surface area contributed by atoms with Crippen molar-refractivity contribution in [3.63, 3.8) is 0 Å². The maximum absolute atomic E-state index is 6.43. The minimum Gasteiger partial charge on any atom is -0.459 e. The zero-order chi connectivity index (χ0) is 18.1. The first-order valence-corrected chi connectivity index (χ1v) is 11.7. The molecule has 3 heterocycles. The van der Waals surface area contributed by atoms with Crippen LogP contribution in [0, 0.1) is 0 Å². The van der Waals surface area contributed by atoms with Gasteiger partial charge in [0.15, 0.2) is 5.76 Å². The van der Waals surface area contributed by atoms with Gasteiger partial charge in [-0.05, 0) is 55.0 Å². The molecule has 4 rings (SSSR count). The average molecular weight is 389 g/mol. The van der Waals surface area contributed by atoms with Crippen LogP contribution in [0.15, 0.2) is 46.0 Å². The highest BCUT2D eigenvalue weighted by atomic mass is 32.4. The van der Waals surface area contributed by atoms with Crippen molar-refractivity contribution < 1.29 is 8.94 Å². The number of anilines is 1. The van der Waals surface area contributed by atoms with Crippen LogP contribution in [0.3, 0.4) is 0 Å². The molecule has 0 N–H and O–H groups in total. The minimum atomic E-state index is -2.40. The summed E-state index contributed by atoms with van der Waals surface area (Å²) >= 11 is 6.23. The quantitative estimate of drug-likeness (QED) is 0.734. The Bertz CT molecular complexity index is 856. The molecule has 2 aliphatic rings. The van der Waals surface area contributed by atoms with Gasteiger partial charge in [0, 0.05) is 32.9 Å². The van der Waals surface area contributed by atoms with Gasteiger partial charge in [0.2, 0.25) is 6.42 Å². The molecular formula is C19H24N3O2PS. The highest BCUT2D eigenvalue weighted by Gasteiger charge is 2.38. The third kappa shape index (κ3) is 3.22. The van der Waals surface area contributed by atoms with E-state index in [1.165, 1.54) is 25.7 Å². The number of nitrogens with zero attached hydrogens (tertiary/aromatic N) is 3. The van der Waals surface area contributed by atoms with E-state index in [4.69, 9.17) is 25.7 Å². The number of fused-ring (bicyclic) bond motifs is 1. The number of furan rings is 1. The zero-order valence-corrected chi connectivity index (χ0v) is 16.9. The van der Waals surface area contributed by atoms with E-state index < -0.39 is 6.42 Å². The van der Waals surface area contributed by atoms with E-state index in [9.17, 15) is 0 Å². The SMILES string of the molecule is CN(C)c1ccc2c(c1)N=C(c1ccco1)O[P@@]2(=S)N1CCCCCC1. The van der Waals surface area contributed by atoms with Crippen LogP contribution in [0.2, 0.25) is 0 Å². The van der Waals surface area contributed by atoms with E-state index in [-0.39, 0.29) is 0 Å². The van der Waals surface area contributed by atoms with Crippen molar-refractivity contribution in [3.05, 3.63) is 42.4 Å². The topological polar surface area (TPSA) is 41.2 Å². The fraction of sp³-hybridized carbons (Fsp3) is 0.421. The van der Waals surface area contributed by atoms with Gasteiger partial charge in [-0.15, -0.1) is 0 Å². The van der Waals surface area contributed by atoms with Crippen LogP contribution in [0.1, 0.15) is 31.4 Å². The Balaban J connectivity index is 1.83. The highest BCUT2D eigenvalue weighted by Crippen LogP contribution is 2.56. The predicted octanol–water partition coefficient (Wildman–Crippen LogP) is 4.26. The highest BCUT2D eigenvalue weighted by molar-refractivity contribution is 8.15. The predicted molar refractivity (Wildman–Crippen MR) is 111 cm³/mol. The van der Waals surface area contributed by atoms with E-state index in [1.807, 2.05) is 26.2 Å². The van der Waals surface area contributed by atoms with Crippen LogP contribution < -0.4 is 10.2 Å². The number of aliphatic imine (C=N–C) groups is 1. The van der Waals surface area contributed by atoms with Crippen LogP contribution in [-0.4, -0.2) is 37.8 Å². The molecule has 1 saturated heterocycles. The van der Waals surface area contributed by atoms with E-state index in [0.29, 0.717) is 11.7 Å². The van der Waals surface area contributed by atoms with Gasteiger partial charge in [0.05, 0.1) is 17.3 Å². The van der Waals surface area contributed by atoms with Crippen molar-refractivity contribution in [2.45, 2.75) is 25.7 Å². The first kappa shape index (κ1) is 17.8. The Morgan fingerprint density at radius 3 is 2.54 bits per heavy atom. The van der Waals surface area contributed by atoms with E-state index in [0.717, 1.165) is 29.8 Å². The van der Waals surface area contributed by atoms with Crippen molar-refractivity contribution in [2.24, 2.45) is 4.99 Å². The molecule has 0 unspecified atom stereocenters. The maximum Gasteiger partial charge on any atom is 0.262 e. The van der Waals surface area contributed by atoms with Gasteiger partial charge in [-0.3, -0.25) is 0 Å². The fourth-order valence-electron chi connectivity index (χ4n) is 3.44. The number of hydrogen-bond acceptors (Lipinski definition) is 5. The lowest BCUT2D eigenvalue weighted by Gasteiger charge is -2.37. The van der Waals surface area contributed by atoms with Gasteiger partial charge < -0.3 is 13.8 Å². The Morgan fingerprint density at radius 1 is 1.12 bits per heavy atom. The summed E-state index contributed by atoms with van der Waals surface area (Å²) in [7, 11) is 4.06. The summed E-state index contributed by atoms with van der Waals surface area (Å²) in [5.74, 6) is 1.14. The van der Waals surface area contributed by atoms with Crippen molar-refractivity contribution in [3.8, 4) is 0 Å². The second-order valence-electron chi connectivity index (χ2n) is 6.94. The van der Waals surface area contributed by atoms with Crippen LogP contribution >= 0.6 is 6.42 Å². The second kappa shape index (κ2) is 7.18.